The topological polar surface area (TPSA) is 66.8 Å². The summed E-state index contributed by atoms with van der Waals surface area (Å²) in [6.07, 6.45) is -1.94. The minimum Gasteiger partial charge on any atom is -0.479 e. The second-order valence-corrected chi connectivity index (χ2v) is 3.58. The van der Waals surface area contributed by atoms with Crippen molar-refractivity contribution < 1.29 is 24.1 Å². The molecule has 1 atom stereocenters. The number of aliphatic hydroxyl groups is 1. The molecule has 0 radical (unpaired) electrons. The second kappa shape index (κ2) is 5.25. The number of hydrogen-bond acceptors (Lipinski definition) is 3. The Morgan fingerprint density at radius 3 is 2.75 bits per heavy atom. The molecule has 0 bridgehead atoms. The van der Waals surface area contributed by atoms with Crippen LogP contribution in [0.3, 0.4) is 0 Å². The first-order valence-corrected chi connectivity index (χ1v) is 4.72. The number of carbonyl (C=O) groups is 1. The Labute approximate surface area is 96.2 Å². The molecular weight excluding hydrogens is 239 g/mol. The van der Waals surface area contributed by atoms with Gasteiger partial charge >= 0.3 is 5.97 Å². The molecule has 0 aliphatic carbocycles. The third kappa shape index (κ3) is 2.69. The highest BCUT2D eigenvalue weighted by molar-refractivity contribution is 6.30. The van der Waals surface area contributed by atoms with E-state index in [4.69, 9.17) is 21.4 Å². The van der Waals surface area contributed by atoms with Gasteiger partial charge in [0.2, 0.25) is 0 Å². The van der Waals surface area contributed by atoms with Crippen molar-refractivity contribution in [2.45, 2.75) is 12.7 Å². The first-order chi connectivity index (χ1) is 7.47. The molecule has 0 saturated carbocycles. The Hall–Kier alpha value is -1.17. The molecule has 0 aromatic heterocycles. The van der Waals surface area contributed by atoms with Crippen LogP contribution in [0.4, 0.5) is 4.39 Å². The summed E-state index contributed by atoms with van der Waals surface area (Å²) in [6, 6.07) is 2.40. The normalized spacial score (nSPS) is 12.5. The zero-order valence-corrected chi connectivity index (χ0v) is 9.16. The first-order valence-electron chi connectivity index (χ1n) is 4.35. The summed E-state index contributed by atoms with van der Waals surface area (Å²) in [4.78, 5) is 10.5. The summed E-state index contributed by atoms with van der Waals surface area (Å²) < 4.78 is 18.4. The lowest BCUT2D eigenvalue weighted by atomic mass is 10.1. The van der Waals surface area contributed by atoms with Crippen LogP contribution in [0, 0.1) is 5.82 Å². The average molecular weight is 249 g/mol. The number of rotatable bonds is 4. The van der Waals surface area contributed by atoms with Gasteiger partial charge in [-0.1, -0.05) is 11.6 Å². The number of carboxylic acid groups (broad SMARTS) is 1. The Kier molecular flexibility index (Phi) is 4.23. The van der Waals surface area contributed by atoms with Gasteiger partial charge in [0, 0.05) is 23.3 Å². The van der Waals surface area contributed by atoms with Crippen LogP contribution in [-0.2, 0) is 16.1 Å². The van der Waals surface area contributed by atoms with E-state index in [-0.39, 0.29) is 22.8 Å². The summed E-state index contributed by atoms with van der Waals surface area (Å²) in [5, 5.41) is 18.0. The molecular formula is C10H10ClFO4. The first kappa shape index (κ1) is 12.9. The predicted octanol–water partition coefficient (Wildman–Crippen LogP) is 1.74. The standard InChI is InChI=1S/C10H10ClFO4/c1-16-4-5-2-6(11)3-7(8(5)12)9(13)10(14)15/h2-3,9,13H,4H2,1H3,(H,14,15). The van der Waals surface area contributed by atoms with Gasteiger partial charge in [0.05, 0.1) is 6.61 Å². The van der Waals surface area contributed by atoms with Crippen LogP contribution in [0.1, 0.15) is 17.2 Å². The van der Waals surface area contributed by atoms with Gasteiger partial charge in [0.15, 0.2) is 6.10 Å². The molecule has 0 aliphatic heterocycles. The van der Waals surface area contributed by atoms with Crippen molar-refractivity contribution in [3.8, 4) is 0 Å². The van der Waals surface area contributed by atoms with Crippen LogP contribution in [0.5, 0.6) is 0 Å². The van der Waals surface area contributed by atoms with Gasteiger partial charge in [-0.3, -0.25) is 0 Å². The monoisotopic (exact) mass is 248 g/mol. The van der Waals surface area contributed by atoms with Crippen LogP contribution in [0.2, 0.25) is 5.02 Å². The molecule has 1 unspecified atom stereocenters. The summed E-state index contributed by atoms with van der Waals surface area (Å²) >= 11 is 5.68. The summed E-state index contributed by atoms with van der Waals surface area (Å²) in [7, 11) is 1.37. The Balaban J connectivity index is 3.23. The van der Waals surface area contributed by atoms with Crippen molar-refractivity contribution in [2.24, 2.45) is 0 Å². The van der Waals surface area contributed by atoms with Crippen molar-refractivity contribution >= 4 is 17.6 Å². The minimum absolute atomic E-state index is 0.0499. The van der Waals surface area contributed by atoms with E-state index in [2.05, 4.69) is 0 Å². The molecule has 1 aromatic carbocycles. The number of benzene rings is 1. The lowest BCUT2D eigenvalue weighted by Gasteiger charge is -2.11. The maximum Gasteiger partial charge on any atom is 0.337 e. The van der Waals surface area contributed by atoms with E-state index in [1.165, 1.54) is 13.2 Å². The van der Waals surface area contributed by atoms with E-state index < -0.39 is 17.9 Å². The third-order valence-electron chi connectivity index (χ3n) is 1.97. The van der Waals surface area contributed by atoms with E-state index in [9.17, 15) is 14.3 Å². The zero-order chi connectivity index (χ0) is 12.3. The van der Waals surface area contributed by atoms with Crippen LogP contribution >= 0.6 is 11.6 Å². The molecule has 0 amide bonds. The lowest BCUT2D eigenvalue weighted by molar-refractivity contribution is -0.147. The Morgan fingerprint density at radius 1 is 1.62 bits per heavy atom. The van der Waals surface area contributed by atoms with Crippen LogP contribution in [0.15, 0.2) is 12.1 Å². The largest absolute Gasteiger partial charge is 0.479 e. The van der Waals surface area contributed by atoms with E-state index in [0.29, 0.717) is 0 Å². The molecule has 0 saturated heterocycles. The predicted molar refractivity (Wildman–Crippen MR) is 54.7 cm³/mol. The number of ether oxygens (including phenoxy) is 1. The summed E-state index contributed by atoms with van der Waals surface area (Å²) in [6.45, 7) is -0.0499. The molecule has 0 aliphatic rings. The van der Waals surface area contributed by atoms with E-state index in [0.717, 1.165) is 6.07 Å². The molecule has 4 nitrogen and oxygen atoms in total. The highest BCUT2D eigenvalue weighted by atomic mass is 35.5. The van der Waals surface area contributed by atoms with Crippen molar-refractivity contribution in [1.29, 1.82) is 0 Å². The highest BCUT2D eigenvalue weighted by Gasteiger charge is 2.22. The Morgan fingerprint density at radius 2 is 2.25 bits per heavy atom. The quantitative estimate of drug-likeness (QED) is 0.852. The number of methoxy groups -OCH3 is 1. The Bertz CT molecular complexity index is 408. The molecule has 0 heterocycles. The van der Waals surface area contributed by atoms with Crippen LogP contribution in [0.25, 0.3) is 0 Å². The van der Waals surface area contributed by atoms with Crippen LogP contribution in [-0.4, -0.2) is 23.3 Å². The average Bonchev–Trinajstić information content (AvgIpc) is 2.22. The van der Waals surface area contributed by atoms with Gasteiger partial charge in [-0.05, 0) is 12.1 Å². The van der Waals surface area contributed by atoms with Crippen molar-refractivity contribution in [3.63, 3.8) is 0 Å². The molecule has 1 aromatic rings. The van der Waals surface area contributed by atoms with E-state index >= 15 is 0 Å². The third-order valence-corrected chi connectivity index (χ3v) is 2.19. The van der Waals surface area contributed by atoms with E-state index in [1.807, 2.05) is 0 Å². The maximum absolute atomic E-state index is 13.7. The van der Waals surface area contributed by atoms with E-state index in [1.54, 1.807) is 0 Å². The van der Waals surface area contributed by atoms with Crippen molar-refractivity contribution in [3.05, 3.63) is 34.1 Å². The van der Waals surface area contributed by atoms with Crippen LogP contribution < -0.4 is 0 Å². The molecule has 0 spiro atoms. The fourth-order valence-corrected chi connectivity index (χ4v) is 1.51. The summed E-state index contributed by atoms with van der Waals surface area (Å²) in [5.41, 5.74) is -0.266. The highest BCUT2D eigenvalue weighted by Crippen LogP contribution is 2.25. The minimum atomic E-state index is -1.94. The smallest absolute Gasteiger partial charge is 0.337 e. The fraction of sp³-hybridized carbons (Fsp3) is 0.300. The molecule has 1 rings (SSSR count). The number of carboxylic acids is 1. The maximum atomic E-state index is 13.7. The number of halogens is 2. The van der Waals surface area contributed by atoms with Gasteiger partial charge in [0.25, 0.3) is 0 Å². The van der Waals surface area contributed by atoms with Gasteiger partial charge in [-0.25, -0.2) is 9.18 Å². The van der Waals surface area contributed by atoms with Crippen molar-refractivity contribution in [1.82, 2.24) is 0 Å². The fourth-order valence-electron chi connectivity index (χ4n) is 1.26. The van der Waals surface area contributed by atoms with Gasteiger partial charge in [-0.15, -0.1) is 0 Å². The zero-order valence-electron chi connectivity index (χ0n) is 8.41. The van der Waals surface area contributed by atoms with Crippen molar-refractivity contribution in [2.75, 3.05) is 7.11 Å². The number of aliphatic carboxylic acids is 1. The second-order valence-electron chi connectivity index (χ2n) is 3.14. The summed E-state index contributed by atoms with van der Waals surface area (Å²) in [5.74, 6) is -2.36. The van der Waals surface area contributed by atoms with Gasteiger partial charge in [0.1, 0.15) is 5.82 Å². The molecule has 88 valence electrons. The molecule has 6 heteroatoms. The lowest BCUT2D eigenvalue weighted by Crippen LogP contribution is -2.13. The SMILES string of the molecule is COCc1cc(Cl)cc(C(O)C(=O)O)c1F. The van der Waals surface area contributed by atoms with Gasteiger partial charge < -0.3 is 14.9 Å². The molecule has 16 heavy (non-hydrogen) atoms. The number of aliphatic hydroxyl groups excluding tert-OH is 1. The number of hydrogen-bond donors (Lipinski definition) is 2. The van der Waals surface area contributed by atoms with Gasteiger partial charge in [-0.2, -0.15) is 0 Å². The molecule has 2 N–H and O–H groups in total. The molecule has 0 fully saturated rings.